The zero-order valence-electron chi connectivity index (χ0n) is 9.90. The highest BCUT2D eigenvalue weighted by Gasteiger charge is 2.17. The Hall–Kier alpha value is -1.48. The number of aliphatic hydroxyl groups excluding tert-OH is 1. The number of aromatic amines is 1. The lowest BCUT2D eigenvalue weighted by Crippen LogP contribution is -2.01. The molecule has 1 unspecified atom stereocenters. The average molecular weight is 292 g/mol. The number of halogens is 2. The summed E-state index contributed by atoms with van der Waals surface area (Å²) in [6.07, 6.45) is 1.03. The highest BCUT2D eigenvalue weighted by molar-refractivity contribution is 6.36. The van der Waals surface area contributed by atoms with Crippen LogP contribution in [0, 0.1) is 0 Å². The molecule has 0 saturated carbocycles. The first kappa shape index (κ1) is 12.5. The Morgan fingerprint density at radius 2 is 1.74 bits per heavy atom. The van der Waals surface area contributed by atoms with Gasteiger partial charge in [-0.3, -0.25) is 0 Å². The maximum absolute atomic E-state index is 10.5. The second-order valence-electron chi connectivity index (χ2n) is 4.36. The van der Waals surface area contributed by atoms with E-state index in [0.29, 0.717) is 15.6 Å². The summed E-state index contributed by atoms with van der Waals surface area (Å²) in [4.78, 5) is 3.11. The van der Waals surface area contributed by atoms with Crippen LogP contribution in [-0.4, -0.2) is 10.1 Å². The third kappa shape index (κ3) is 2.23. The van der Waals surface area contributed by atoms with Crippen LogP contribution >= 0.6 is 23.2 Å². The first-order chi connectivity index (χ1) is 9.16. The van der Waals surface area contributed by atoms with Crippen LogP contribution in [0.25, 0.3) is 10.9 Å². The van der Waals surface area contributed by atoms with Crippen LogP contribution in [0.1, 0.15) is 17.2 Å². The Balaban J connectivity index is 2.10. The summed E-state index contributed by atoms with van der Waals surface area (Å²) >= 11 is 12.2. The van der Waals surface area contributed by atoms with E-state index in [1.807, 2.05) is 30.5 Å². The van der Waals surface area contributed by atoms with Crippen molar-refractivity contribution in [2.75, 3.05) is 0 Å². The van der Waals surface area contributed by atoms with Crippen LogP contribution in [0.3, 0.4) is 0 Å². The van der Waals surface area contributed by atoms with Gasteiger partial charge in [0.15, 0.2) is 0 Å². The van der Waals surface area contributed by atoms with Crippen molar-refractivity contribution < 1.29 is 5.11 Å². The molecule has 0 bridgehead atoms. The summed E-state index contributed by atoms with van der Waals surface area (Å²) in [5.74, 6) is 0. The molecule has 2 aromatic carbocycles. The molecule has 1 atom stereocenters. The molecule has 2 nitrogen and oxygen atoms in total. The predicted octanol–water partition coefficient (Wildman–Crippen LogP) is 4.56. The zero-order valence-corrected chi connectivity index (χ0v) is 11.4. The number of aromatic nitrogens is 1. The van der Waals surface area contributed by atoms with Crippen LogP contribution in [0.5, 0.6) is 0 Å². The third-order valence-electron chi connectivity index (χ3n) is 3.17. The molecule has 0 aliphatic rings. The summed E-state index contributed by atoms with van der Waals surface area (Å²) in [5.41, 5.74) is 2.34. The Morgan fingerprint density at radius 3 is 2.47 bits per heavy atom. The van der Waals surface area contributed by atoms with Crippen LogP contribution in [0.2, 0.25) is 10.0 Å². The molecular weight excluding hydrogens is 281 g/mol. The molecule has 0 aliphatic heterocycles. The van der Waals surface area contributed by atoms with E-state index in [1.54, 1.807) is 18.2 Å². The molecular formula is C15H11Cl2NO. The van der Waals surface area contributed by atoms with Gasteiger partial charge in [0.1, 0.15) is 6.10 Å². The summed E-state index contributed by atoms with van der Waals surface area (Å²) < 4.78 is 0. The van der Waals surface area contributed by atoms with Gasteiger partial charge >= 0.3 is 0 Å². The Labute approximate surface area is 120 Å². The molecule has 96 valence electrons. The monoisotopic (exact) mass is 291 g/mol. The largest absolute Gasteiger partial charge is 0.384 e. The molecule has 0 fully saturated rings. The first-order valence-electron chi connectivity index (χ1n) is 5.86. The molecule has 1 aromatic heterocycles. The fourth-order valence-electron chi connectivity index (χ4n) is 2.18. The van der Waals surface area contributed by atoms with Crippen LogP contribution in [0.15, 0.2) is 48.7 Å². The molecule has 2 N–H and O–H groups in total. The lowest BCUT2D eigenvalue weighted by atomic mass is 10.0. The number of aliphatic hydroxyl groups is 1. The number of hydrogen-bond acceptors (Lipinski definition) is 1. The van der Waals surface area contributed by atoms with Gasteiger partial charge in [0, 0.05) is 27.3 Å². The van der Waals surface area contributed by atoms with Crippen molar-refractivity contribution in [1.29, 1.82) is 0 Å². The molecule has 19 heavy (non-hydrogen) atoms. The second-order valence-corrected chi connectivity index (χ2v) is 5.18. The normalized spacial score (nSPS) is 12.8. The van der Waals surface area contributed by atoms with Gasteiger partial charge in [0.2, 0.25) is 0 Å². The molecule has 0 radical (unpaired) electrons. The third-order valence-corrected chi connectivity index (χ3v) is 3.83. The minimum absolute atomic E-state index is 0.467. The van der Waals surface area contributed by atoms with Gasteiger partial charge in [-0.1, -0.05) is 35.3 Å². The quantitative estimate of drug-likeness (QED) is 0.714. The highest BCUT2D eigenvalue weighted by Crippen LogP contribution is 2.34. The van der Waals surface area contributed by atoms with E-state index in [-0.39, 0.29) is 0 Å². The predicted molar refractivity (Wildman–Crippen MR) is 78.8 cm³/mol. The van der Waals surface area contributed by atoms with E-state index in [9.17, 15) is 5.11 Å². The van der Waals surface area contributed by atoms with E-state index in [1.165, 1.54) is 0 Å². The number of H-pyrrole nitrogens is 1. The topological polar surface area (TPSA) is 36.0 Å². The minimum Gasteiger partial charge on any atom is -0.384 e. The van der Waals surface area contributed by atoms with Gasteiger partial charge in [-0.25, -0.2) is 0 Å². The highest BCUT2D eigenvalue weighted by atomic mass is 35.5. The number of benzene rings is 2. The zero-order chi connectivity index (χ0) is 13.4. The Kier molecular flexibility index (Phi) is 3.23. The van der Waals surface area contributed by atoms with Gasteiger partial charge in [0.25, 0.3) is 0 Å². The van der Waals surface area contributed by atoms with Crippen molar-refractivity contribution in [3.05, 3.63) is 69.8 Å². The second kappa shape index (κ2) is 4.89. The van der Waals surface area contributed by atoms with E-state index >= 15 is 0 Å². The van der Waals surface area contributed by atoms with E-state index < -0.39 is 6.10 Å². The number of rotatable bonds is 2. The van der Waals surface area contributed by atoms with Crippen LogP contribution in [0.4, 0.5) is 0 Å². The first-order valence-corrected chi connectivity index (χ1v) is 6.61. The number of nitrogens with one attached hydrogen (secondary N) is 1. The Morgan fingerprint density at radius 1 is 1.00 bits per heavy atom. The van der Waals surface area contributed by atoms with E-state index in [2.05, 4.69) is 4.98 Å². The maximum Gasteiger partial charge on any atom is 0.107 e. The molecule has 1 heterocycles. The summed E-state index contributed by atoms with van der Waals surface area (Å²) in [7, 11) is 0. The summed E-state index contributed by atoms with van der Waals surface area (Å²) in [6, 6.07) is 12.9. The lowest BCUT2D eigenvalue weighted by molar-refractivity contribution is 0.220. The van der Waals surface area contributed by atoms with Gasteiger partial charge < -0.3 is 10.1 Å². The molecule has 0 spiro atoms. The smallest absolute Gasteiger partial charge is 0.107 e. The van der Waals surface area contributed by atoms with Crippen molar-refractivity contribution in [3.63, 3.8) is 0 Å². The van der Waals surface area contributed by atoms with Crippen LogP contribution in [-0.2, 0) is 0 Å². The fourth-order valence-corrected chi connectivity index (χ4v) is 2.78. The van der Waals surface area contributed by atoms with Gasteiger partial charge in [-0.05, 0) is 41.3 Å². The molecule has 0 amide bonds. The standard InChI is InChI=1S/C15H11Cl2NO/c16-11-2-1-3-12(17)14(11)15(19)10-4-5-13-9(8-10)6-7-18-13/h1-8,15,18-19H. The van der Waals surface area contributed by atoms with Crippen molar-refractivity contribution in [2.24, 2.45) is 0 Å². The molecule has 3 rings (SSSR count). The summed E-state index contributed by atoms with van der Waals surface area (Å²) in [6.45, 7) is 0. The Bertz CT molecular complexity index is 716. The average Bonchev–Trinajstić information content (AvgIpc) is 2.85. The van der Waals surface area contributed by atoms with Gasteiger partial charge in [-0.2, -0.15) is 0 Å². The SMILES string of the molecule is OC(c1ccc2[nH]ccc2c1)c1c(Cl)cccc1Cl. The van der Waals surface area contributed by atoms with Gasteiger partial charge in [-0.15, -0.1) is 0 Å². The van der Waals surface area contributed by atoms with Crippen LogP contribution < -0.4 is 0 Å². The van der Waals surface area contributed by atoms with Crippen molar-refractivity contribution in [1.82, 2.24) is 4.98 Å². The lowest BCUT2D eigenvalue weighted by Gasteiger charge is -2.15. The van der Waals surface area contributed by atoms with E-state index in [0.717, 1.165) is 16.5 Å². The molecule has 0 saturated heterocycles. The van der Waals surface area contributed by atoms with Gasteiger partial charge in [0.05, 0.1) is 0 Å². The maximum atomic E-state index is 10.5. The fraction of sp³-hybridized carbons (Fsp3) is 0.0667. The van der Waals surface area contributed by atoms with Crippen molar-refractivity contribution in [2.45, 2.75) is 6.10 Å². The number of fused-ring (bicyclic) bond motifs is 1. The molecule has 3 aromatic rings. The van der Waals surface area contributed by atoms with Crippen molar-refractivity contribution in [3.8, 4) is 0 Å². The van der Waals surface area contributed by atoms with E-state index in [4.69, 9.17) is 23.2 Å². The van der Waals surface area contributed by atoms with Crippen molar-refractivity contribution >= 4 is 34.1 Å². The molecule has 4 heteroatoms. The minimum atomic E-state index is -0.833. The number of hydrogen-bond donors (Lipinski definition) is 2. The summed E-state index contributed by atoms with van der Waals surface area (Å²) in [5, 5.41) is 12.4. The molecule has 0 aliphatic carbocycles.